The summed E-state index contributed by atoms with van der Waals surface area (Å²) in [5.41, 5.74) is -0.674. The highest BCUT2D eigenvalue weighted by Gasteiger charge is 2.43. The van der Waals surface area contributed by atoms with E-state index in [-0.39, 0.29) is 16.8 Å². The van der Waals surface area contributed by atoms with E-state index in [4.69, 9.17) is 21.1 Å². The Morgan fingerprint density at radius 1 is 1.50 bits per heavy atom. The van der Waals surface area contributed by atoms with Gasteiger partial charge in [0.1, 0.15) is 18.2 Å². The zero-order valence-electron chi connectivity index (χ0n) is 14.0. The van der Waals surface area contributed by atoms with Crippen LogP contribution in [0.4, 0.5) is 4.39 Å². The number of benzene rings is 1. The Bertz CT molecular complexity index is 569. The van der Waals surface area contributed by atoms with E-state index in [0.29, 0.717) is 38.0 Å². The lowest BCUT2D eigenvalue weighted by Crippen LogP contribution is -2.53. The van der Waals surface area contributed by atoms with Gasteiger partial charge in [-0.2, -0.15) is 0 Å². The van der Waals surface area contributed by atoms with Gasteiger partial charge in [-0.3, -0.25) is 4.90 Å². The summed E-state index contributed by atoms with van der Waals surface area (Å²) in [6.07, 6.45) is 2.87. The molecule has 2 fully saturated rings. The summed E-state index contributed by atoms with van der Waals surface area (Å²) >= 11 is 5.98. The molecule has 1 N–H and O–H groups in total. The van der Waals surface area contributed by atoms with Crippen molar-refractivity contribution in [1.82, 2.24) is 4.90 Å². The monoisotopic (exact) mass is 357 g/mol. The Labute approximate surface area is 147 Å². The van der Waals surface area contributed by atoms with E-state index in [1.807, 2.05) is 6.92 Å². The van der Waals surface area contributed by atoms with Gasteiger partial charge in [-0.1, -0.05) is 11.6 Å². The average molecular weight is 358 g/mol. The van der Waals surface area contributed by atoms with E-state index in [9.17, 15) is 9.50 Å². The third-order valence-electron chi connectivity index (χ3n) is 5.26. The van der Waals surface area contributed by atoms with Crippen LogP contribution in [0.2, 0.25) is 5.02 Å². The van der Waals surface area contributed by atoms with Crippen LogP contribution in [-0.2, 0) is 4.74 Å². The lowest BCUT2D eigenvalue weighted by Gasteiger charge is -2.43. The Kier molecular flexibility index (Phi) is 5.65. The Morgan fingerprint density at radius 2 is 2.33 bits per heavy atom. The SMILES string of the molecule is C[C@]1(O)CCOC[C@H]1[C@H]1CCCN1CCOc1ccc(F)cc1Cl. The van der Waals surface area contributed by atoms with Crippen LogP contribution >= 0.6 is 11.6 Å². The van der Waals surface area contributed by atoms with E-state index in [2.05, 4.69) is 4.90 Å². The molecule has 0 bridgehead atoms. The molecule has 3 atom stereocenters. The molecular formula is C18H25ClFNO3. The van der Waals surface area contributed by atoms with Crippen LogP contribution in [0.5, 0.6) is 5.75 Å². The number of hydrogen-bond donors (Lipinski definition) is 1. The molecule has 0 unspecified atom stereocenters. The van der Waals surface area contributed by atoms with Crippen LogP contribution < -0.4 is 4.74 Å². The minimum Gasteiger partial charge on any atom is -0.491 e. The summed E-state index contributed by atoms with van der Waals surface area (Å²) in [5.74, 6) is 0.261. The molecule has 2 heterocycles. The van der Waals surface area contributed by atoms with Crippen molar-refractivity contribution in [2.45, 2.75) is 37.8 Å². The van der Waals surface area contributed by atoms with Gasteiger partial charge in [0.25, 0.3) is 0 Å². The smallest absolute Gasteiger partial charge is 0.138 e. The summed E-state index contributed by atoms with van der Waals surface area (Å²) in [6, 6.07) is 4.47. The third-order valence-corrected chi connectivity index (χ3v) is 5.55. The lowest BCUT2D eigenvalue weighted by molar-refractivity contribution is -0.123. The molecule has 2 aliphatic rings. The zero-order chi connectivity index (χ0) is 17.2. The maximum Gasteiger partial charge on any atom is 0.138 e. The van der Waals surface area contributed by atoms with Crippen LogP contribution in [0.3, 0.4) is 0 Å². The standard InChI is InChI=1S/C18H25ClFNO3/c1-18(22)6-9-23-12-14(18)16-3-2-7-21(16)8-10-24-17-5-4-13(20)11-15(17)19/h4-5,11,14,16,22H,2-3,6-10,12H2,1H3/t14-,16+,18-/m0/s1. The van der Waals surface area contributed by atoms with Gasteiger partial charge >= 0.3 is 0 Å². The van der Waals surface area contributed by atoms with Crippen LogP contribution in [0.25, 0.3) is 0 Å². The fraction of sp³-hybridized carbons (Fsp3) is 0.667. The van der Waals surface area contributed by atoms with Crippen molar-refractivity contribution in [3.63, 3.8) is 0 Å². The van der Waals surface area contributed by atoms with Crippen LogP contribution in [0, 0.1) is 11.7 Å². The molecule has 2 saturated heterocycles. The second-order valence-corrected chi connectivity index (χ2v) is 7.36. The third kappa shape index (κ3) is 4.02. The molecule has 4 nitrogen and oxygen atoms in total. The summed E-state index contributed by atoms with van der Waals surface area (Å²) < 4.78 is 24.4. The molecule has 6 heteroatoms. The molecule has 0 spiro atoms. The maximum atomic E-state index is 13.1. The average Bonchev–Trinajstić information content (AvgIpc) is 2.97. The molecule has 0 radical (unpaired) electrons. The fourth-order valence-electron chi connectivity index (χ4n) is 3.83. The molecule has 134 valence electrons. The van der Waals surface area contributed by atoms with Crippen molar-refractivity contribution < 1.29 is 19.0 Å². The predicted octanol–water partition coefficient (Wildman–Crippen LogP) is 3.11. The number of nitrogens with zero attached hydrogens (tertiary/aromatic N) is 1. The molecule has 0 saturated carbocycles. The largest absolute Gasteiger partial charge is 0.491 e. The molecular weight excluding hydrogens is 333 g/mol. The number of ether oxygens (including phenoxy) is 2. The second kappa shape index (κ2) is 7.56. The molecule has 24 heavy (non-hydrogen) atoms. The number of halogens is 2. The highest BCUT2D eigenvalue weighted by Crippen LogP contribution is 2.35. The van der Waals surface area contributed by atoms with Gasteiger partial charge in [-0.15, -0.1) is 0 Å². The number of hydrogen-bond acceptors (Lipinski definition) is 4. The fourth-order valence-corrected chi connectivity index (χ4v) is 4.05. The second-order valence-electron chi connectivity index (χ2n) is 6.96. The van der Waals surface area contributed by atoms with E-state index in [1.54, 1.807) is 6.07 Å². The van der Waals surface area contributed by atoms with Crippen LogP contribution in [0.1, 0.15) is 26.2 Å². The van der Waals surface area contributed by atoms with Gasteiger partial charge < -0.3 is 14.6 Å². The van der Waals surface area contributed by atoms with E-state index < -0.39 is 5.60 Å². The van der Waals surface area contributed by atoms with Crippen molar-refractivity contribution in [2.75, 3.05) is 32.9 Å². The topological polar surface area (TPSA) is 41.9 Å². The van der Waals surface area contributed by atoms with E-state index in [1.165, 1.54) is 12.1 Å². The highest BCUT2D eigenvalue weighted by molar-refractivity contribution is 6.32. The summed E-state index contributed by atoms with van der Waals surface area (Å²) in [4.78, 5) is 2.37. The number of rotatable bonds is 5. The Morgan fingerprint density at radius 3 is 3.08 bits per heavy atom. The minimum absolute atomic E-state index is 0.128. The van der Waals surface area contributed by atoms with Crippen LogP contribution in [0.15, 0.2) is 18.2 Å². The molecule has 0 aromatic heterocycles. The predicted molar refractivity (Wildman–Crippen MR) is 91.0 cm³/mol. The Balaban J connectivity index is 1.56. The molecule has 0 aliphatic carbocycles. The van der Waals surface area contributed by atoms with Gasteiger partial charge in [0, 0.05) is 25.1 Å². The first-order valence-corrected chi connectivity index (χ1v) is 8.97. The van der Waals surface area contributed by atoms with Gasteiger partial charge in [0.15, 0.2) is 0 Å². The van der Waals surface area contributed by atoms with Crippen molar-refractivity contribution in [3.8, 4) is 5.75 Å². The van der Waals surface area contributed by atoms with E-state index in [0.717, 1.165) is 25.9 Å². The molecule has 1 aromatic rings. The normalized spacial score (nSPS) is 31.3. The summed E-state index contributed by atoms with van der Waals surface area (Å²) in [6.45, 7) is 5.40. The van der Waals surface area contributed by atoms with Gasteiger partial charge in [0.05, 0.1) is 17.2 Å². The van der Waals surface area contributed by atoms with Gasteiger partial charge in [0.2, 0.25) is 0 Å². The van der Waals surface area contributed by atoms with E-state index >= 15 is 0 Å². The van der Waals surface area contributed by atoms with Crippen molar-refractivity contribution in [2.24, 2.45) is 5.92 Å². The van der Waals surface area contributed by atoms with Crippen molar-refractivity contribution in [1.29, 1.82) is 0 Å². The van der Waals surface area contributed by atoms with Gasteiger partial charge in [-0.05, 0) is 50.9 Å². The van der Waals surface area contributed by atoms with Crippen molar-refractivity contribution >= 4 is 11.6 Å². The lowest BCUT2D eigenvalue weighted by atomic mass is 9.79. The molecule has 2 aliphatic heterocycles. The molecule has 0 amide bonds. The number of likely N-dealkylation sites (tertiary alicyclic amines) is 1. The van der Waals surface area contributed by atoms with Gasteiger partial charge in [-0.25, -0.2) is 4.39 Å². The first-order chi connectivity index (χ1) is 11.5. The Hall–Kier alpha value is -0.880. The zero-order valence-corrected chi connectivity index (χ0v) is 14.8. The van der Waals surface area contributed by atoms with Crippen LogP contribution in [-0.4, -0.2) is 54.6 Å². The summed E-state index contributed by atoms with van der Waals surface area (Å²) in [5, 5.41) is 11.0. The minimum atomic E-state index is -0.674. The first kappa shape index (κ1) is 17.9. The first-order valence-electron chi connectivity index (χ1n) is 8.59. The number of aliphatic hydroxyl groups is 1. The summed E-state index contributed by atoms with van der Waals surface area (Å²) in [7, 11) is 0. The molecule has 1 aromatic carbocycles. The van der Waals surface area contributed by atoms with Crippen molar-refractivity contribution in [3.05, 3.63) is 29.0 Å². The quantitative estimate of drug-likeness (QED) is 0.879. The highest BCUT2D eigenvalue weighted by atomic mass is 35.5. The maximum absolute atomic E-state index is 13.1. The molecule has 3 rings (SSSR count).